The van der Waals surface area contributed by atoms with Crippen LogP contribution in [0.2, 0.25) is 5.15 Å². The minimum absolute atomic E-state index is 0.113. The molecule has 0 saturated carbocycles. The summed E-state index contributed by atoms with van der Waals surface area (Å²) in [5.41, 5.74) is 0.605. The third kappa shape index (κ3) is 2.60. The molecule has 1 amide bonds. The largest absolute Gasteiger partial charge is 0.319 e. The van der Waals surface area contributed by atoms with Gasteiger partial charge in [-0.15, -0.1) is 0 Å². The van der Waals surface area contributed by atoms with Crippen molar-refractivity contribution < 1.29 is 4.79 Å². The third-order valence-electron chi connectivity index (χ3n) is 2.36. The van der Waals surface area contributed by atoms with Crippen LogP contribution in [-0.4, -0.2) is 20.7 Å². The monoisotopic (exact) mass is 266 g/mol. The van der Waals surface area contributed by atoms with Crippen molar-refractivity contribution in [2.75, 3.05) is 5.32 Å². The van der Waals surface area contributed by atoms with E-state index >= 15 is 0 Å². The van der Waals surface area contributed by atoms with Crippen molar-refractivity contribution in [1.82, 2.24) is 14.8 Å². The minimum Gasteiger partial charge on any atom is -0.319 e. The Labute approximate surface area is 108 Å². The predicted octanol–water partition coefficient (Wildman–Crippen LogP) is 1.50. The number of aryl methyl sites for hydroxylation is 1. The van der Waals surface area contributed by atoms with Gasteiger partial charge in [-0.2, -0.15) is 5.10 Å². The van der Waals surface area contributed by atoms with E-state index in [1.165, 1.54) is 16.7 Å². The van der Waals surface area contributed by atoms with Crippen LogP contribution in [0.4, 0.5) is 5.69 Å². The predicted molar refractivity (Wildman–Crippen MR) is 67.9 cm³/mol. The fourth-order valence-corrected chi connectivity index (χ4v) is 1.61. The molecule has 6 nitrogen and oxygen atoms in total. The average Bonchev–Trinajstić information content (AvgIpc) is 2.78. The molecule has 0 unspecified atom stereocenters. The zero-order valence-corrected chi connectivity index (χ0v) is 10.4. The highest BCUT2D eigenvalue weighted by molar-refractivity contribution is 6.29. The van der Waals surface area contributed by atoms with Gasteiger partial charge in [0.1, 0.15) is 5.15 Å². The minimum atomic E-state index is -0.389. The van der Waals surface area contributed by atoms with Crippen molar-refractivity contribution in [3.05, 3.63) is 45.6 Å². The van der Waals surface area contributed by atoms with E-state index in [2.05, 4.69) is 15.5 Å². The molecule has 2 heterocycles. The van der Waals surface area contributed by atoms with Crippen LogP contribution in [0.1, 0.15) is 17.4 Å². The lowest BCUT2D eigenvalue weighted by molar-refractivity contribution is 0.102. The lowest BCUT2D eigenvalue weighted by Crippen LogP contribution is -2.19. The van der Waals surface area contributed by atoms with Crippen molar-refractivity contribution in [3.63, 3.8) is 0 Å². The molecule has 2 aromatic heterocycles. The van der Waals surface area contributed by atoms with E-state index in [4.69, 9.17) is 11.6 Å². The van der Waals surface area contributed by atoms with Crippen LogP contribution in [-0.2, 0) is 6.54 Å². The quantitative estimate of drug-likeness (QED) is 0.883. The summed E-state index contributed by atoms with van der Waals surface area (Å²) in [6.07, 6.45) is 1.58. The first-order valence-corrected chi connectivity index (χ1v) is 5.70. The van der Waals surface area contributed by atoms with Crippen LogP contribution >= 0.6 is 11.6 Å². The number of nitrogens with zero attached hydrogens (tertiary/aromatic N) is 2. The Morgan fingerprint density at radius 2 is 2.33 bits per heavy atom. The number of hydrogen-bond donors (Lipinski definition) is 2. The highest BCUT2D eigenvalue weighted by Gasteiger charge is 2.10. The molecule has 0 bridgehead atoms. The van der Waals surface area contributed by atoms with Crippen LogP contribution in [0.3, 0.4) is 0 Å². The van der Waals surface area contributed by atoms with Gasteiger partial charge >= 0.3 is 0 Å². The van der Waals surface area contributed by atoms with Gasteiger partial charge in [-0.3, -0.25) is 14.7 Å². The van der Waals surface area contributed by atoms with Crippen LogP contribution in [0.25, 0.3) is 0 Å². The van der Waals surface area contributed by atoms with E-state index < -0.39 is 0 Å². The Morgan fingerprint density at radius 1 is 1.56 bits per heavy atom. The number of aromatic nitrogens is 3. The van der Waals surface area contributed by atoms with Gasteiger partial charge < -0.3 is 9.88 Å². The molecule has 2 aromatic rings. The number of nitrogens with one attached hydrogen (secondary N) is 2. The van der Waals surface area contributed by atoms with Crippen molar-refractivity contribution >= 4 is 23.2 Å². The lowest BCUT2D eigenvalue weighted by atomic mass is 10.3. The zero-order valence-electron chi connectivity index (χ0n) is 9.61. The van der Waals surface area contributed by atoms with E-state index in [1.54, 1.807) is 12.3 Å². The Kier molecular flexibility index (Phi) is 3.47. The maximum absolute atomic E-state index is 11.8. The average molecular weight is 267 g/mol. The summed E-state index contributed by atoms with van der Waals surface area (Å²) in [4.78, 5) is 23.1. The molecule has 0 aliphatic carbocycles. The number of pyridine rings is 1. The second kappa shape index (κ2) is 5.05. The molecule has 0 aromatic carbocycles. The zero-order chi connectivity index (χ0) is 13.1. The topological polar surface area (TPSA) is 79.8 Å². The molecular weight excluding hydrogens is 256 g/mol. The number of H-pyrrole nitrogens is 1. The Balaban J connectivity index is 2.19. The van der Waals surface area contributed by atoms with Gasteiger partial charge in [0.15, 0.2) is 5.69 Å². The van der Waals surface area contributed by atoms with Crippen molar-refractivity contribution in [2.24, 2.45) is 0 Å². The number of amides is 1. The van der Waals surface area contributed by atoms with Crippen LogP contribution in [0.15, 0.2) is 29.2 Å². The molecule has 0 saturated heterocycles. The summed E-state index contributed by atoms with van der Waals surface area (Å²) >= 11 is 5.63. The van der Waals surface area contributed by atoms with Gasteiger partial charge in [0, 0.05) is 24.9 Å². The summed E-state index contributed by atoms with van der Waals surface area (Å²) in [7, 11) is 0. The highest BCUT2D eigenvalue weighted by Crippen LogP contribution is 2.09. The molecule has 0 fully saturated rings. The van der Waals surface area contributed by atoms with E-state index in [9.17, 15) is 9.59 Å². The molecule has 0 aliphatic heterocycles. The van der Waals surface area contributed by atoms with E-state index in [1.807, 2.05) is 6.92 Å². The van der Waals surface area contributed by atoms with E-state index in [-0.39, 0.29) is 17.2 Å². The SMILES string of the molecule is CCn1cc(NC(=O)c2cc(Cl)[nH]n2)ccc1=O. The van der Waals surface area contributed by atoms with E-state index in [0.717, 1.165) is 0 Å². The summed E-state index contributed by atoms with van der Waals surface area (Å²) in [5, 5.41) is 9.12. The van der Waals surface area contributed by atoms with Gasteiger partial charge in [0.2, 0.25) is 0 Å². The summed E-state index contributed by atoms with van der Waals surface area (Å²) in [5.74, 6) is -0.389. The Morgan fingerprint density at radius 3 is 2.94 bits per heavy atom. The molecule has 0 atom stereocenters. The summed E-state index contributed by atoms with van der Waals surface area (Å²) in [6.45, 7) is 2.39. The fourth-order valence-electron chi connectivity index (χ4n) is 1.46. The number of hydrogen-bond acceptors (Lipinski definition) is 3. The van der Waals surface area contributed by atoms with Gasteiger partial charge in [-0.25, -0.2) is 0 Å². The van der Waals surface area contributed by atoms with Crippen molar-refractivity contribution in [1.29, 1.82) is 0 Å². The Bertz CT molecular complexity index is 632. The van der Waals surface area contributed by atoms with Crippen molar-refractivity contribution in [3.8, 4) is 0 Å². The van der Waals surface area contributed by atoms with Crippen LogP contribution in [0.5, 0.6) is 0 Å². The molecule has 2 N–H and O–H groups in total. The lowest BCUT2D eigenvalue weighted by Gasteiger charge is -2.06. The van der Waals surface area contributed by atoms with E-state index in [0.29, 0.717) is 17.4 Å². The second-order valence-corrected chi connectivity index (χ2v) is 4.00. The number of halogens is 1. The Hall–Kier alpha value is -2.08. The van der Waals surface area contributed by atoms with Crippen molar-refractivity contribution in [2.45, 2.75) is 13.5 Å². The van der Waals surface area contributed by atoms with Gasteiger partial charge in [0.05, 0.1) is 5.69 Å². The standard InChI is InChI=1S/C11H11ClN4O2/c1-2-16-6-7(3-4-10(16)17)13-11(18)8-5-9(12)15-14-8/h3-6H,2H2,1H3,(H,13,18)(H,14,15). The summed E-state index contributed by atoms with van der Waals surface area (Å²) in [6, 6.07) is 4.37. The molecule has 2 rings (SSSR count). The first-order chi connectivity index (χ1) is 8.60. The smallest absolute Gasteiger partial charge is 0.276 e. The number of rotatable bonds is 3. The first kappa shape index (κ1) is 12.4. The second-order valence-electron chi connectivity index (χ2n) is 3.60. The molecule has 0 radical (unpaired) electrons. The number of carbonyl (C=O) groups excluding carboxylic acids is 1. The number of aromatic amines is 1. The molecule has 0 aliphatic rings. The number of carbonyl (C=O) groups is 1. The first-order valence-electron chi connectivity index (χ1n) is 5.33. The van der Waals surface area contributed by atoms with Gasteiger partial charge in [-0.1, -0.05) is 11.6 Å². The molecule has 0 spiro atoms. The maximum atomic E-state index is 11.8. The third-order valence-corrected chi connectivity index (χ3v) is 2.55. The normalized spacial score (nSPS) is 10.3. The summed E-state index contributed by atoms with van der Waals surface area (Å²) < 4.78 is 1.49. The number of anilines is 1. The van der Waals surface area contributed by atoms with Gasteiger partial charge in [-0.05, 0) is 13.0 Å². The van der Waals surface area contributed by atoms with Crippen LogP contribution in [0, 0.1) is 0 Å². The fraction of sp³-hybridized carbons (Fsp3) is 0.182. The molecular formula is C11H11ClN4O2. The molecule has 94 valence electrons. The maximum Gasteiger partial charge on any atom is 0.276 e. The highest BCUT2D eigenvalue weighted by atomic mass is 35.5. The molecule has 18 heavy (non-hydrogen) atoms. The molecule has 7 heteroatoms. The van der Waals surface area contributed by atoms with Gasteiger partial charge in [0.25, 0.3) is 11.5 Å². The van der Waals surface area contributed by atoms with Crippen LogP contribution < -0.4 is 10.9 Å².